The van der Waals surface area contributed by atoms with Crippen LogP contribution in [-0.2, 0) is 19.1 Å². The van der Waals surface area contributed by atoms with Gasteiger partial charge in [-0.3, -0.25) is 9.59 Å². The Balaban J connectivity index is 1.11. The zero-order chi connectivity index (χ0) is 41.4. The van der Waals surface area contributed by atoms with Crippen LogP contribution in [0.1, 0.15) is 108 Å². The number of alkyl carbamates (subject to hydrolysis) is 2. The number of benzene rings is 2. The lowest BCUT2D eigenvalue weighted by Gasteiger charge is -2.30. The minimum absolute atomic E-state index is 0.112. The van der Waals surface area contributed by atoms with Gasteiger partial charge < -0.3 is 39.9 Å². The maximum Gasteiger partial charge on any atom is 0.407 e. The van der Waals surface area contributed by atoms with E-state index >= 15 is 0 Å². The van der Waals surface area contributed by atoms with E-state index in [2.05, 4.69) is 70.8 Å². The SMILES string of the molecule is COC(=O)N[C@H](C(=O)N1CCC[C@H]1c1ncc(-c2ccc3c(c2)C(C(C)C)c2cc(-c4cnc([C@@H]5CCCN5C(=O)[C@@H](NC(=O)OC)C(C)C)[nH]4)ccc2-3)[nH]1)C(C)C. The summed E-state index contributed by atoms with van der Waals surface area (Å²) in [6.45, 7) is 13.3. The number of hydrogen-bond acceptors (Lipinski definition) is 8. The van der Waals surface area contributed by atoms with Gasteiger partial charge in [-0.05, 0) is 89.0 Å². The fraction of sp³-hybridized carbons (Fsp3) is 0.500. The summed E-state index contributed by atoms with van der Waals surface area (Å²) in [6, 6.07) is 11.4. The molecule has 0 radical (unpaired) electrons. The maximum absolute atomic E-state index is 13.7. The summed E-state index contributed by atoms with van der Waals surface area (Å²) in [6.07, 6.45) is 5.70. The molecular weight excluding hydrogens is 737 g/mol. The van der Waals surface area contributed by atoms with E-state index in [4.69, 9.17) is 19.4 Å². The lowest BCUT2D eigenvalue weighted by Crippen LogP contribution is -2.51. The van der Waals surface area contributed by atoms with Gasteiger partial charge in [0.2, 0.25) is 11.8 Å². The van der Waals surface area contributed by atoms with Crippen LogP contribution >= 0.6 is 0 Å². The predicted molar refractivity (Wildman–Crippen MR) is 219 cm³/mol. The van der Waals surface area contributed by atoms with E-state index in [-0.39, 0.29) is 41.7 Å². The first kappa shape index (κ1) is 40.5. The summed E-state index contributed by atoms with van der Waals surface area (Å²) in [5.41, 5.74) is 8.74. The molecule has 308 valence electrons. The molecule has 4 heterocycles. The number of aromatic amines is 2. The topological polar surface area (TPSA) is 175 Å². The van der Waals surface area contributed by atoms with Crippen LogP contribution < -0.4 is 10.6 Å². The van der Waals surface area contributed by atoms with Crippen molar-refractivity contribution in [2.24, 2.45) is 17.8 Å². The summed E-state index contributed by atoms with van der Waals surface area (Å²) >= 11 is 0. The number of rotatable bonds is 11. The number of hydrogen-bond donors (Lipinski definition) is 4. The van der Waals surface area contributed by atoms with Crippen molar-refractivity contribution in [1.82, 2.24) is 40.4 Å². The first-order chi connectivity index (χ1) is 27.8. The van der Waals surface area contributed by atoms with Crippen molar-refractivity contribution >= 4 is 24.0 Å². The van der Waals surface area contributed by atoms with E-state index in [1.807, 2.05) is 49.9 Å². The Labute approximate surface area is 339 Å². The van der Waals surface area contributed by atoms with Crippen molar-refractivity contribution in [2.75, 3.05) is 27.3 Å². The Morgan fingerprint density at radius 1 is 0.672 bits per heavy atom. The number of amides is 4. The summed E-state index contributed by atoms with van der Waals surface area (Å²) in [7, 11) is 2.59. The van der Waals surface area contributed by atoms with Crippen molar-refractivity contribution in [3.8, 4) is 33.6 Å². The molecular formula is C44H56N8O6. The molecule has 0 saturated carbocycles. The van der Waals surface area contributed by atoms with E-state index < -0.39 is 24.3 Å². The molecule has 2 saturated heterocycles. The number of carbonyl (C=O) groups is 4. The van der Waals surface area contributed by atoms with Gasteiger partial charge in [-0.25, -0.2) is 19.6 Å². The average molecular weight is 793 g/mol. The van der Waals surface area contributed by atoms with E-state index in [9.17, 15) is 19.2 Å². The smallest absolute Gasteiger partial charge is 0.407 e. The van der Waals surface area contributed by atoms with Gasteiger partial charge in [-0.1, -0.05) is 65.8 Å². The highest BCUT2D eigenvalue weighted by Gasteiger charge is 2.39. The third-order valence-corrected chi connectivity index (χ3v) is 12.0. The van der Waals surface area contributed by atoms with Crippen LogP contribution in [0.15, 0.2) is 48.8 Å². The maximum atomic E-state index is 13.7. The standard InChI is InChI=1S/C44H56N8O6/c1-23(2)36-30-19-26(32-21-45-39(47-32)34-11-9-17-51(34)41(53)37(24(3)4)49-43(55)57-7)13-15-28(30)29-16-14-27(20-31(29)36)33-22-46-40(48-33)35-12-10-18-52(35)42(54)38(25(5)6)50-44(56)58-8/h13-16,19-25,34-38H,9-12,17-18H2,1-8H3,(H,45,47)(H,46,48)(H,49,55)(H,50,56)/t34-,35-,37-,38-/m0/s1. The Morgan fingerprint density at radius 3 is 1.45 bits per heavy atom. The highest BCUT2D eigenvalue weighted by Crippen LogP contribution is 2.50. The zero-order valence-corrected chi connectivity index (χ0v) is 34.7. The molecule has 2 aliphatic heterocycles. The molecule has 4 aromatic rings. The third kappa shape index (κ3) is 7.68. The minimum atomic E-state index is -0.696. The van der Waals surface area contributed by atoms with Gasteiger partial charge in [0, 0.05) is 19.0 Å². The van der Waals surface area contributed by atoms with Crippen LogP contribution in [0.25, 0.3) is 33.6 Å². The number of aromatic nitrogens is 4. The molecule has 0 unspecified atom stereocenters. The number of fused-ring (bicyclic) bond motifs is 3. The number of carbonyl (C=O) groups excluding carboxylic acids is 4. The van der Waals surface area contributed by atoms with Crippen molar-refractivity contribution < 1.29 is 28.7 Å². The van der Waals surface area contributed by atoms with E-state index in [1.54, 1.807) is 0 Å². The molecule has 2 aromatic carbocycles. The Kier molecular flexibility index (Phi) is 11.7. The molecule has 0 spiro atoms. The molecule has 3 aliphatic rings. The van der Waals surface area contributed by atoms with Gasteiger partial charge in [0.25, 0.3) is 0 Å². The van der Waals surface area contributed by atoms with Crippen LogP contribution in [-0.4, -0.2) is 93.1 Å². The van der Waals surface area contributed by atoms with Crippen LogP contribution in [0.3, 0.4) is 0 Å². The fourth-order valence-corrected chi connectivity index (χ4v) is 9.04. The van der Waals surface area contributed by atoms with Crippen molar-refractivity contribution in [1.29, 1.82) is 0 Å². The summed E-state index contributed by atoms with van der Waals surface area (Å²) in [4.78, 5) is 71.8. The molecule has 4 atom stereocenters. The van der Waals surface area contributed by atoms with Crippen LogP contribution in [0.2, 0.25) is 0 Å². The van der Waals surface area contributed by atoms with Gasteiger partial charge in [-0.2, -0.15) is 0 Å². The quantitative estimate of drug-likeness (QED) is 0.122. The first-order valence-electron chi connectivity index (χ1n) is 20.5. The second-order valence-corrected chi connectivity index (χ2v) is 16.8. The van der Waals surface area contributed by atoms with Gasteiger partial charge >= 0.3 is 12.2 Å². The number of ether oxygens (including phenoxy) is 2. The number of nitrogens with zero attached hydrogens (tertiary/aromatic N) is 4. The highest BCUT2D eigenvalue weighted by atomic mass is 16.5. The molecule has 1 aliphatic carbocycles. The summed E-state index contributed by atoms with van der Waals surface area (Å²) in [5, 5.41) is 5.44. The van der Waals surface area contributed by atoms with E-state index in [0.717, 1.165) is 59.8 Å². The Hall–Kier alpha value is -5.66. The first-order valence-corrected chi connectivity index (χ1v) is 20.5. The monoisotopic (exact) mass is 792 g/mol. The number of methoxy groups -OCH3 is 2. The normalized spacial score (nSPS) is 18.7. The number of nitrogens with one attached hydrogen (secondary N) is 4. The average Bonchev–Trinajstić information content (AvgIpc) is 4.05. The second kappa shape index (κ2) is 16.7. The van der Waals surface area contributed by atoms with Crippen molar-refractivity contribution in [3.05, 3.63) is 71.6 Å². The van der Waals surface area contributed by atoms with Gasteiger partial charge in [0.1, 0.15) is 23.7 Å². The third-order valence-electron chi connectivity index (χ3n) is 12.0. The van der Waals surface area contributed by atoms with Crippen molar-refractivity contribution in [3.63, 3.8) is 0 Å². The number of likely N-dealkylation sites (tertiary alicyclic amines) is 2. The predicted octanol–water partition coefficient (Wildman–Crippen LogP) is 7.32. The minimum Gasteiger partial charge on any atom is -0.453 e. The van der Waals surface area contributed by atoms with Gasteiger partial charge in [-0.15, -0.1) is 0 Å². The van der Waals surface area contributed by atoms with E-state index in [0.29, 0.717) is 19.0 Å². The van der Waals surface area contributed by atoms with Crippen LogP contribution in [0.4, 0.5) is 9.59 Å². The summed E-state index contributed by atoms with van der Waals surface area (Å²) in [5.74, 6) is 1.44. The number of H-pyrrole nitrogens is 2. The molecule has 2 aromatic heterocycles. The second-order valence-electron chi connectivity index (χ2n) is 16.8. The van der Waals surface area contributed by atoms with Gasteiger partial charge in [0.15, 0.2) is 0 Å². The van der Waals surface area contributed by atoms with E-state index in [1.165, 1.54) is 36.5 Å². The number of imidazole rings is 2. The molecule has 4 N–H and O–H groups in total. The van der Waals surface area contributed by atoms with Crippen molar-refractivity contribution in [2.45, 2.75) is 97.3 Å². The Bertz CT molecular complexity index is 2030. The molecule has 7 rings (SSSR count). The Morgan fingerprint density at radius 2 is 1.09 bits per heavy atom. The summed E-state index contributed by atoms with van der Waals surface area (Å²) < 4.78 is 9.58. The molecule has 2 fully saturated rings. The van der Waals surface area contributed by atoms with Crippen LogP contribution in [0.5, 0.6) is 0 Å². The van der Waals surface area contributed by atoms with Crippen LogP contribution in [0, 0.1) is 17.8 Å². The lowest BCUT2D eigenvalue weighted by molar-refractivity contribution is -0.136. The lowest BCUT2D eigenvalue weighted by atomic mass is 9.85. The molecule has 14 heteroatoms. The molecule has 14 nitrogen and oxygen atoms in total. The molecule has 0 bridgehead atoms. The molecule has 4 amide bonds. The highest BCUT2D eigenvalue weighted by molar-refractivity contribution is 5.88. The molecule has 58 heavy (non-hydrogen) atoms. The fourth-order valence-electron chi connectivity index (χ4n) is 9.04. The van der Waals surface area contributed by atoms with Gasteiger partial charge in [0.05, 0.1) is 50.1 Å². The zero-order valence-electron chi connectivity index (χ0n) is 34.7. The largest absolute Gasteiger partial charge is 0.453 e.